The average Bonchev–Trinajstić information content (AvgIpc) is 2.93. The van der Waals surface area contributed by atoms with Gasteiger partial charge >= 0.3 is 5.97 Å². The van der Waals surface area contributed by atoms with Crippen molar-refractivity contribution in [3.05, 3.63) is 52.0 Å². The number of rotatable bonds is 6. The maximum Gasteiger partial charge on any atom is 0.308 e. The van der Waals surface area contributed by atoms with Gasteiger partial charge in [0.05, 0.1) is 29.8 Å². The summed E-state index contributed by atoms with van der Waals surface area (Å²) in [6.07, 6.45) is -0.0930. The number of esters is 1. The first-order valence-electron chi connectivity index (χ1n) is 7.42. The summed E-state index contributed by atoms with van der Waals surface area (Å²) in [6.45, 7) is 5.39. The molecule has 0 aliphatic rings. The van der Waals surface area contributed by atoms with E-state index in [1.165, 1.54) is 11.3 Å². The molecule has 2 aromatic rings. The summed E-state index contributed by atoms with van der Waals surface area (Å²) in [5.74, 6) is -0.564. The van der Waals surface area contributed by atoms with Gasteiger partial charge in [-0.25, -0.2) is 4.98 Å². The molecule has 0 saturated heterocycles. The molecule has 0 aliphatic carbocycles. The molecule has 23 heavy (non-hydrogen) atoms. The Morgan fingerprint density at radius 3 is 2.52 bits per heavy atom. The lowest BCUT2D eigenvalue weighted by atomic mass is 10.0. The highest BCUT2D eigenvalue weighted by Gasteiger charge is 2.22. The highest BCUT2D eigenvalue weighted by Crippen LogP contribution is 2.20. The summed E-state index contributed by atoms with van der Waals surface area (Å²) in [7, 11) is 0. The summed E-state index contributed by atoms with van der Waals surface area (Å²) >= 11 is 1.29. The van der Waals surface area contributed by atoms with Crippen LogP contribution in [-0.2, 0) is 9.53 Å². The number of nitrogens with zero attached hydrogens (tertiary/aromatic N) is 1. The van der Waals surface area contributed by atoms with Gasteiger partial charge in [0.15, 0.2) is 0 Å². The van der Waals surface area contributed by atoms with Crippen molar-refractivity contribution < 1.29 is 14.3 Å². The lowest BCUT2D eigenvalue weighted by molar-refractivity contribution is -0.147. The van der Waals surface area contributed by atoms with E-state index in [4.69, 9.17) is 4.74 Å². The Balaban J connectivity index is 2.15. The van der Waals surface area contributed by atoms with Gasteiger partial charge in [0.25, 0.3) is 5.91 Å². The molecule has 6 heteroatoms. The third-order valence-corrected chi connectivity index (χ3v) is 4.12. The minimum Gasteiger partial charge on any atom is -0.463 e. The molecule has 1 heterocycles. The number of hydrogen-bond donors (Lipinski definition) is 1. The van der Waals surface area contributed by atoms with Crippen LogP contribution in [0.3, 0.4) is 0 Å². The molecule has 5 nitrogen and oxygen atoms in total. The van der Waals surface area contributed by atoms with Crippen LogP contribution in [0.15, 0.2) is 35.8 Å². The van der Waals surface area contributed by atoms with Gasteiger partial charge in [0.1, 0.15) is 4.88 Å². The number of carbonyl (C=O) groups excluding carboxylic acids is 2. The van der Waals surface area contributed by atoms with E-state index < -0.39 is 6.04 Å². The molecule has 1 aromatic carbocycles. The molecule has 1 N–H and O–H groups in total. The number of thiazole rings is 1. The zero-order valence-corrected chi connectivity index (χ0v) is 14.2. The zero-order chi connectivity index (χ0) is 16.8. The fourth-order valence-electron chi connectivity index (χ4n) is 2.16. The number of carbonyl (C=O) groups is 2. The average molecular weight is 332 g/mol. The van der Waals surface area contributed by atoms with Crippen molar-refractivity contribution in [2.24, 2.45) is 0 Å². The van der Waals surface area contributed by atoms with Crippen LogP contribution < -0.4 is 5.32 Å². The SMILES string of the molecule is Cc1ncsc1C(=O)N[C@H](CC(=O)OC(C)C)c1ccccc1. The molecular weight excluding hydrogens is 312 g/mol. The van der Waals surface area contributed by atoms with Gasteiger partial charge in [-0.1, -0.05) is 30.3 Å². The lowest BCUT2D eigenvalue weighted by Crippen LogP contribution is -2.31. The normalized spacial score (nSPS) is 12.0. The molecule has 0 unspecified atom stereocenters. The second-order valence-corrected chi connectivity index (χ2v) is 6.30. The molecule has 0 aliphatic heterocycles. The zero-order valence-electron chi connectivity index (χ0n) is 13.4. The van der Waals surface area contributed by atoms with Gasteiger partial charge in [-0.3, -0.25) is 9.59 Å². The first-order valence-corrected chi connectivity index (χ1v) is 8.30. The summed E-state index contributed by atoms with van der Waals surface area (Å²) in [4.78, 5) is 29.1. The molecule has 0 spiro atoms. The molecule has 122 valence electrons. The number of aromatic nitrogens is 1. The topological polar surface area (TPSA) is 68.3 Å². The standard InChI is InChI=1S/C17H20N2O3S/c1-11(2)22-15(20)9-14(13-7-5-4-6-8-13)19-17(21)16-12(3)18-10-23-16/h4-8,10-11,14H,9H2,1-3H3,(H,19,21)/t14-/m1/s1. The van der Waals surface area contributed by atoms with Crippen LogP contribution in [0.2, 0.25) is 0 Å². The highest BCUT2D eigenvalue weighted by molar-refractivity contribution is 7.11. The quantitative estimate of drug-likeness (QED) is 0.824. The van der Waals surface area contributed by atoms with E-state index in [0.29, 0.717) is 10.6 Å². The Morgan fingerprint density at radius 2 is 1.96 bits per heavy atom. The summed E-state index contributed by atoms with van der Waals surface area (Å²) in [5.41, 5.74) is 3.18. The fraction of sp³-hybridized carbons (Fsp3) is 0.353. The van der Waals surface area contributed by atoms with Gasteiger partial charge in [-0.15, -0.1) is 11.3 Å². The summed E-state index contributed by atoms with van der Waals surface area (Å²) in [6, 6.07) is 8.97. The van der Waals surface area contributed by atoms with Gasteiger partial charge < -0.3 is 10.1 Å². The number of nitrogens with one attached hydrogen (secondary N) is 1. The highest BCUT2D eigenvalue weighted by atomic mass is 32.1. The second kappa shape index (κ2) is 7.87. The van der Waals surface area contributed by atoms with Crippen molar-refractivity contribution in [3.8, 4) is 0 Å². The minimum atomic E-state index is -0.434. The molecule has 1 amide bonds. The van der Waals surface area contributed by atoms with Crippen LogP contribution in [-0.4, -0.2) is 23.0 Å². The Hall–Kier alpha value is -2.21. The predicted molar refractivity (Wildman–Crippen MR) is 89.3 cm³/mol. The first kappa shape index (κ1) is 17.1. The van der Waals surface area contributed by atoms with Gasteiger partial charge in [-0.05, 0) is 26.3 Å². The molecule has 1 atom stereocenters. The number of hydrogen-bond acceptors (Lipinski definition) is 5. The third-order valence-electron chi connectivity index (χ3n) is 3.20. The van der Waals surface area contributed by atoms with E-state index in [1.807, 2.05) is 30.3 Å². The monoisotopic (exact) mass is 332 g/mol. The number of aryl methyl sites for hydroxylation is 1. The van der Waals surface area contributed by atoms with Crippen LogP contribution in [0, 0.1) is 6.92 Å². The largest absolute Gasteiger partial charge is 0.463 e. The van der Waals surface area contributed by atoms with Gasteiger partial charge in [0.2, 0.25) is 0 Å². The van der Waals surface area contributed by atoms with Gasteiger partial charge in [0, 0.05) is 0 Å². The van der Waals surface area contributed by atoms with Crippen molar-refractivity contribution in [2.75, 3.05) is 0 Å². The van der Waals surface area contributed by atoms with Crippen molar-refractivity contribution >= 4 is 23.2 Å². The molecule has 2 rings (SSSR count). The van der Waals surface area contributed by atoms with E-state index in [0.717, 1.165) is 5.56 Å². The van der Waals surface area contributed by atoms with E-state index in [2.05, 4.69) is 10.3 Å². The van der Waals surface area contributed by atoms with E-state index in [-0.39, 0.29) is 24.4 Å². The Kier molecular flexibility index (Phi) is 5.87. The van der Waals surface area contributed by atoms with Crippen LogP contribution in [0.25, 0.3) is 0 Å². The molecule has 0 bridgehead atoms. The van der Waals surface area contributed by atoms with Gasteiger partial charge in [-0.2, -0.15) is 0 Å². The Labute approximate surface area is 139 Å². The minimum absolute atomic E-state index is 0.0891. The molecule has 1 aromatic heterocycles. The van der Waals surface area contributed by atoms with E-state index >= 15 is 0 Å². The molecule has 0 radical (unpaired) electrons. The second-order valence-electron chi connectivity index (χ2n) is 5.45. The van der Waals surface area contributed by atoms with Crippen molar-refractivity contribution in [3.63, 3.8) is 0 Å². The van der Waals surface area contributed by atoms with Crippen LogP contribution in [0.5, 0.6) is 0 Å². The van der Waals surface area contributed by atoms with Crippen LogP contribution in [0.1, 0.15) is 47.2 Å². The maximum atomic E-state index is 12.4. The predicted octanol–water partition coefficient (Wildman–Crippen LogP) is 3.26. The number of benzene rings is 1. The smallest absolute Gasteiger partial charge is 0.308 e. The number of amides is 1. The molecular formula is C17H20N2O3S. The summed E-state index contributed by atoms with van der Waals surface area (Å²) in [5, 5.41) is 2.91. The van der Waals surface area contributed by atoms with Crippen molar-refractivity contribution in [1.29, 1.82) is 0 Å². The third kappa shape index (κ3) is 4.89. The molecule has 0 fully saturated rings. The van der Waals surface area contributed by atoms with Crippen molar-refractivity contribution in [2.45, 2.75) is 39.3 Å². The fourth-order valence-corrected chi connectivity index (χ4v) is 2.86. The maximum absolute atomic E-state index is 12.4. The molecule has 0 saturated carbocycles. The Bertz CT molecular complexity index is 667. The Morgan fingerprint density at radius 1 is 1.26 bits per heavy atom. The van der Waals surface area contributed by atoms with Crippen LogP contribution >= 0.6 is 11.3 Å². The van der Waals surface area contributed by atoms with Crippen LogP contribution in [0.4, 0.5) is 0 Å². The number of ether oxygens (including phenoxy) is 1. The van der Waals surface area contributed by atoms with E-state index in [1.54, 1.807) is 26.3 Å². The van der Waals surface area contributed by atoms with E-state index in [9.17, 15) is 9.59 Å². The lowest BCUT2D eigenvalue weighted by Gasteiger charge is -2.19. The summed E-state index contributed by atoms with van der Waals surface area (Å²) < 4.78 is 5.20. The first-order chi connectivity index (χ1) is 11.0. The van der Waals surface area contributed by atoms with Crippen molar-refractivity contribution in [1.82, 2.24) is 10.3 Å².